The molecule has 2 rings (SSSR count). The van der Waals surface area contributed by atoms with E-state index >= 15 is 0 Å². The van der Waals surface area contributed by atoms with Gasteiger partial charge in [-0.25, -0.2) is 9.99 Å². The first-order valence-corrected chi connectivity index (χ1v) is 5.71. The van der Waals surface area contributed by atoms with Gasteiger partial charge in [0.1, 0.15) is 11.8 Å². The van der Waals surface area contributed by atoms with Gasteiger partial charge in [-0.05, 0) is 25.0 Å². The Bertz CT molecular complexity index is 429. The molecule has 1 aliphatic rings. The van der Waals surface area contributed by atoms with Gasteiger partial charge in [-0.3, -0.25) is 10.2 Å². The van der Waals surface area contributed by atoms with Crippen LogP contribution in [0.2, 0.25) is 0 Å². The molecule has 1 saturated heterocycles. The van der Waals surface area contributed by atoms with Crippen molar-refractivity contribution in [2.24, 2.45) is 0 Å². The number of nitrogens with zero attached hydrogens (tertiary/aromatic N) is 3. The van der Waals surface area contributed by atoms with Gasteiger partial charge in [-0.2, -0.15) is 5.26 Å². The van der Waals surface area contributed by atoms with Crippen LogP contribution in [-0.4, -0.2) is 29.0 Å². The summed E-state index contributed by atoms with van der Waals surface area (Å²) in [5, 5.41) is 10.6. The van der Waals surface area contributed by atoms with E-state index in [-0.39, 0.29) is 5.91 Å². The number of aromatic nitrogens is 1. The maximum Gasteiger partial charge on any atom is 0.284 e. The Morgan fingerprint density at radius 3 is 2.71 bits per heavy atom. The molecule has 1 aromatic heterocycles. The molecule has 0 saturated carbocycles. The van der Waals surface area contributed by atoms with Crippen LogP contribution in [0.15, 0.2) is 18.3 Å². The van der Waals surface area contributed by atoms with Crippen LogP contribution in [0, 0.1) is 11.3 Å². The molecule has 0 atom stereocenters. The summed E-state index contributed by atoms with van der Waals surface area (Å²) < 4.78 is 0. The molecule has 1 aromatic rings. The molecular formula is C12H14N4O. The van der Waals surface area contributed by atoms with Crippen molar-refractivity contribution >= 4 is 5.91 Å². The number of amides is 1. The van der Waals surface area contributed by atoms with Crippen LogP contribution in [0.5, 0.6) is 0 Å². The van der Waals surface area contributed by atoms with Gasteiger partial charge in [0, 0.05) is 19.3 Å². The number of nitriles is 1. The number of hydrogen-bond acceptors (Lipinski definition) is 4. The van der Waals surface area contributed by atoms with Crippen molar-refractivity contribution in [2.45, 2.75) is 19.3 Å². The number of carbonyl (C=O) groups excluding carboxylic acids is 1. The number of hydrogen-bond donors (Lipinski definition) is 1. The maximum atomic E-state index is 11.8. The molecule has 1 N–H and O–H groups in total. The summed E-state index contributed by atoms with van der Waals surface area (Å²) in [6.07, 6.45) is 4.86. The van der Waals surface area contributed by atoms with Gasteiger partial charge in [0.25, 0.3) is 5.91 Å². The van der Waals surface area contributed by atoms with Crippen molar-refractivity contribution in [1.82, 2.24) is 15.4 Å². The molecule has 0 unspecified atom stereocenters. The Labute approximate surface area is 100 Å². The summed E-state index contributed by atoms with van der Waals surface area (Å²) in [5.74, 6) is -0.212. The third kappa shape index (κ3) is 3.02. The molecule has 0 radical (unpaired) electrons. The maximum absolute atomic E-state index is 11.8. The van der Waals surface area contributed by atoms with E-state index in [2.05, 4.69) is 10.4 Å². The van der Waals surface area contributed by atoms with Gasteiger partial charge in [0.05, 0.1) is 5.56 Å². The third-order valence-corrected chi connectivity index (χ3v) is 2.74. The minimum Gasteiger partial charge on any atom is -0.283 e. The lowest BCUT2D eigenvalue weighted by Gasteiger charge is -2.26. The fraction of sp³-hybridized carbons (Fsp3) is 0.417. The smallest absolute Gasteiger partial charge is 0.283 e. The molecule has 88 valence electrons. The monoisotopic (exact) mass is 230 g/mol. The van der Waals surface area contributed by atoms with Gasteiger partial charge >= 0.3 is 0 Å². The number of carbonyl (C=O) groups is 1. The number of piperidine rings is 1. The first-order chi connectivity index (χ1) is 8.29. The second-order valence-corrected chi connectivity index (χ2v) is 4.03. The molecule has 0 bridgehead atoms. The summed E-state index contributed by atoms with van der Waals surface area (Å²) in [4.78, 5) is 15.8. The van der Waals surface area contributed by atoms with E-state index < -0.39 is 0 Å². The lowest BCUT2D eigenvalue weighted by molar-refractivity contribution is 0.0745. The average molecular weight is 230 g/mol. The number of rotatable bonds is 2. The summed E-state index contributed by atoms with van der Waals surface area (Å²) in [5.41, 5.74) is 3.62. The zero-order chi connectivity index (χ0) is 12.1. The molecule has 1 aliphatic heterocycles. The number of nitrogens with one attached hydrogen (secondary N) is 1. The van der Waals surface area contributed by atoms with E-state index in [1.807, 2.05) is 11.1 Å². The predicted octanol–water partition coefficient (Wildman–Crippen LogP) is 1.08. The number of pyridine rings is 1. The average Bonchev–Trinajstić information content (AvgIpc) is 2.40. The molecule has 0 spiro atoms. The Kier molecular flexibility index (Phi) is 3.68. The molecule has 1 fully saturated rings. The second-order valence-electron chi connectivity index (χ2n) is 4.03. The largest absolute Gasteiger partial charge is 0.284 e. The van der Waals surface area contributed by atoms with E-state index in [1.54, 1.807) is 12.1 Å². The van der Waals surface area contributed by atoms with Gasteiger partial charge in [-0.15, -0.1) is 0 Å². The van der Waals surface area contributed by atoms with Crippen LogP contribution >= 0.6 is 0 Å². The first kappa shape index (κ1) is 11.6. The normalized spacial score (nSPS) is 16.2. The Balaban J connectivity index is 1.96. The highest BCUT2D eigenvalue weighted by Crippen LogP contribution is 2.06. The zero-order valence-electron chi connectivity index (χ0n) is 9.52. The van der Waals surface area contributed by atoms with Gasteiger partial charge in [0.2, 0.25) is 0 Å². The molecule has 0 aromatic carbocycles. The van der Waals surface area contributed by atoms with Gasteiger partial charge in [0.15, 0.2) is 0 Å². The Hall–Kier alpha value is -1.93. The quantitative estimate of drug-likeness (QED) is 0.825. The summed E-state index contributed by atoms with van der Waals surface area (Å²) in [6, 6.07) is 5.13. The molecule has 1 amide bonds. The fourth-order valence-corrected chi connectivity index (χ4v) is 1.80. The van der Waals surface area contributed by atoms with Crippen molar-refractivity contribution in [3.05, 3.63) is 29.6 Å². The van der Waals surface area contributed by atoms with Crippen LogP contribution in [0.25, 0.3) is 0 Å². The molecular weight excluding hydrogens is 216 g/mol. The molecule has 0 aliphatic carbocycles. The minimum atomic E-state index is -0.212. The van der Waals surface area contributed by atoms with Crippen molar-refractivity contribution in [1.29, 1.82) is 5.26 Å². The SMILES string of the molecule is N#Cc1ccc(C(=O)NN2CCCCC2)nc1. The molecule has 2 heterocycles. The molecule has 5 nitrogen and oxygen atoms in total. The minimum absolute atomic E-state index is 0.212. The molecule has 5 heteroatoms. The highest BCUT2D eigenvalue weighted by Gasteiger charge is 2.14. The zero-order valence-corrected chi connectivity index (χ0v) is 9.52. The van der Waals surface area contributed by atoms with Crippen molar-refractivity contribution in [3.8, 4) is 6.07 Å². The van der Waals surface area contributed by atoms with Crippen LogP contribution in [0.3, 0.4) is 0 Å². The fourth-order valence-electron chi connectivity index (χ4n) is 1.80. The van der Waals surface area contributed by atoms with E-state index in [1.165, 1.54) is 12.6 Å². The van der Waals surface area contributed by atoms with E-state index in [4.69, 9.17) is 5.26 Å². The Morgan fingerprint density at radius 1 is 1.35 bits per heavy atom. The predicted molar refractivity (Wildman–Crippen MR) is 61.8 cm³/mol. The highest BCUT2D eigenvalue weighted by atomic mass is 16.2. The second kappa shape index (κ2) is 5.41. The molecule has 17 heavy (non-hydrogen) atoms. The van der Waals surface area contributed by atoms with Gasteiger partial charge in [-0.1, -0.05) is 6.42 Å². The van der Waals surface area contributed by atoms with Crippen molar-refractivity contribution < 1.29 is 4.79 Å². The van der Waals surface area contributed by atoms with Crippen molar-refractivity contribution in [2.75, 3.05) is 13.1 Å². The van der Waals surface area contributed by atoms with E-state index in [0.29, 0.717) is 11.3 Å². The summed E-state index contributed by atoms with van der Waals surface area (Å²) in [6.45, 7) is 1.78. The summed E-state index contributed by atoms with van der Waals surface area (Å²) in [7, 11) is 0. The number of hydrazine groups is 1. The standard InChI is InChI=1S/C12H14N4O/c13-8-10-4-5-11(14-9-10)12(17)15-16-6-2-1-3-7-16/h4-5,9H,1-3,6-7H2,(H,15,17). The van der Waals surface area contributed by atoms with Crippen LogP contribution in [-0.2, 0) is 0 Å². The van der Waals surface area contributed by atoms with Gasteiger partial charge < -0.3 is 0 Å². The van der Waals surface area contributed by atoms with Crippen LogP contribution < -0.4 is 5.43 Å². The highest BCUT2D eigenvalue weighted by molar-refractivity contribution is 5.91. The lowest BCUT2D eigenvalue weighted by atomic mass is 10.2. The van der Waals surface area contributed by atoms with E-state index in [0.717, 1.165) is 25.9 Å². The van der Waals surface area contributed by atoms with E-state index in [9.17, 15) is 4.79 Å². The topological polar surface area (TPSA) is 69.0 Å². The van der Waals surface area contributed by atoms with Crippen LogP contribution in [0.4, 0.5) is 0 Å². The third-order valence-electron chi connectivity index (χ3n) is 2.74. The lowest BCUT2D eigenvalue weighted by Crippen LogP contribution is -2.45. The van der Waals surface area contributed by atoms with Crippen LogP contribution in [0.1, 0.15) is 35.3 Å². The first-order valence-electron chi connectivity index (χ1n) is 5.71. The Morgan fingerprint density at radius 2 is 2.12 bits per heavy atom. The van der Waals surface area contributed by atoms with Crippen molar-refractivity contribution in [3.63, 3.8) is 0 Å². The summed E-state index contributed by atoms with van der Waals surface area (Å²) >= 11 is 0.